The monoisotopic (exact) mass is 481 g/mol. The fourth-order valence-electron chi connectivity index (χ4n) is 2.36. The van der Waals surface area contributed by atoms with Crippen LogP contribution in [-0.2, 0) is 31.6 Å². The van der Waals surface area contributed by atoms with E-state index in [1.165, 1.54) is 23.8 Å². The van der Waals surface area contributed by atoms with Crippen molar-refractivity contribution >= 4 is 23.5 Å². The van der Waals surface area contributed by atoms with Gasteiger partial charge in [0, 0.05) is 6.20 Å². The number of nitrogens with zero attached hydrogens (tertiary/aromatic N) is 2. The van der Waals surface area contributed by atoms with Crippen molar-refractivity contribution in [1.82, 2.24) is 9.55 Å². The summed E-state index contributed by atoms with van der Waals surface area (Å²) in [6, 6.07) is 1.29. The maximum absolute atomic E-state index is 11.7. The molecule has 29 heavy (non-hydrogen) atoms. The molecule has 6 unspecified atom stereocenters. The van der Waals surface area contributed by atoms with Crippen molar-refractivity contribution in [3.8, 4) is 0 Å². The van der Waals surface area contributed by atoms with Crippen LogP contribution in [0.5, 0.6) is 0 Å². The number of aliphatic hydroxyl groups excluding tert-OH is 2. The lowest BCUT2D eigenvalue weighted by Crippen LogP contribution is -2.34. The van der Waals surface area contributed by atoms with Crippen LogP contribution in [0.4, 0.5) is 0 Å². The number of hydrogen-bond donors (Lipinski definition) is 7. The zero-order valence-electron chi connectivity index (χ0n) is 14.4. The van der Waals surface area contributed by atoms with E-state index in [2.05, 4.69) is 18.1 Å². The number of hydrogen-bond acceptors (Lipinski definition) is 11. The lowest BCUT2D eigenvalue weighted by Gasteiger charge is -2.20. The first-order chi connectivity index (χ1) is 13.1. The van der Waals surface area contributed by atoms with Gasteiger partial charge in [0.25, 0.3) is 0 Å². The standard InChI is InChI=1S/C10H18N3O13P3/c1-5-12-7(11)2-3-13(5)10-9(15)8(14)6(24-10)4-23-28(19,20)26-29(21,22)25-27(16,17)18/h2-3,6,8-11,14-15H,4H2,1H3,(H,19,20)(H,21,22)(H2,16,17,18). The van der Waals surface area contributed by atoms with E-state index in [1.807, 2.05) is 0 Å². The molecule has 2 heterocycles. The van der Waals surface area contributed by atoms with Crippen LogP contribution < -0.4 is 5.49 Å². The maximum Gasteiger partial charge on any atom is 0.490 e. The molecule has 0 radical (unpaired) electrons. The minimum atomic E-state index is -5.68. The van der Waals surface area contributed by atoms with Crippen molar-refractivity contribution in [2.45, 2.75) is 31.5 Å². The molecular weight excluding hydrogens is 463 g/mol. The number of nitrogens with one attached hydrogen (secondary N) is 1. The molecule has 0 aliphatic carbocycles. The summed E-state index contributed by atoms with van der Waals surface area (Å²) in [5.41, 5.74) is -0.0593. The van der Waals surface area contributed by atoms with Crippen molar-refractivity contribution < 1.29 is 61.4 Å². The summed E-state index contributed by atoms with van der Waals surface area (Å²) in [4.78, 5) is 39.3. The molecule has 1 aliphatic heterocycles. The molecule has 0 bridgehead atoms. The highest BCUT2D eigenvalue weighted by molar-refractivity contribution is 7.66. The van der Waals surface area contributed by atoms with Gasteiger partial charge in [-0.1, -0.05) is 0 Å². The third-order valence-electron chi connectivity index (χ3n) is 3.48. The second-order valence-corrected chi connectivity index (χ2v) is 10.1. The van der Waals surface area contributed by atoms with Gasteiger partial charge >= 0.3 is 23.5 Å². The third-order valence-corrected chi connectivity index (χ3v) is 7.28. The van der Waals surface area contributed by atoms with E-state index in [4.69, 9.17) is 24.8 Å². The fourth-order valence-corrected chi connectivity index (χ4v) is 5.39. The summed E-state index contributed by atoms with van der Waals surface area (Å²) in [5.74, 6) is 0.252. The predicted octanol–water partition coefficient (Wildman–Crippen LogP) is -1.37. The summed E-state index contributed by atoms with van der Waals surface area (Å²) in [6.45, 7) is 0.571. The Hall–Kier alpha value is -0.830. The van der Waals surface area contributed by atoms with Gasteiger partial charge < -0.3 is 39.1 Å². The highest BCUT2D eigenvalue weighted by Crippen LogP contribution is 2.66. The Bertz CT molecular complexity index is 946. The maximum atomic E-state index is 11.7. The van der Waals surface area contributed by atoms with E-state index in [-0.39, 0.29) is 11.3 Å². The van der Waals surface area contributed by atoms with Crippen LogP contribution in [0, 0.1) is 12.3 Å². The van der Waals surface area contributed by atoms with E-state index in [1.54, 1.807) is 0 Å². The summed E-state index contributed by atoms with van der Waals surface area (Å²) in [7, 11) is -16.6. The SMILES string of the molecule is Cc1nc(=N)ccn1C1OC(COP(=O)(O)OP(=O)(O)OP(=O)(O)O)C(O)C1O. The predicted molar refractivity (Wildman–Crippen MR) is 88.6 cm³/mol. The first kappa shape index (κ1) is 24.4. The van der Waals surface area contributed by atoms with Crippen LogP contribution in [0.3, 0.4) is 0 Å². The molecule has 0 spiro atoms. The number of rotatable bonds is 8. The summed E-state index contributed by atoms with van der Waals surface area (Å²) in [6.07, 6.45) is -4.42. The number of aromatic nitrogens is 2. The Morgan fingerprint density at radius 3 is 2.31 bits per heavy atom. The van der Waals surface area contributed by atoms with Crippen LogP contribution in [0.25, 0.3) is 0 Å². The zero-order chi connectivity index (χ0) is 22.2. The average Bonchev–Trinajstić information content (AvgIpc) is 2.78. The van der Waals surface area contributed by atoms with Gasteiger partial charge in [0.05, 0.1) is 6.61 Å². The molecule has 1 aliphatic rings. The smallest absolute Gasteiger partial charge is 0.387 e. The Morgan fingerprint density at radius 1 is 1.14 bits per heavy atom. The van der Waals surface area contributed by atoms with Crippen molar-refractivity contribution in [3.63, 3.8) is 0 Å². The number of phosphoric acid groups is 3. The molecule has 1 fully saturated rings. The lowest BCUT2D eigenvalue weighted by atomic mass is 10.1. The molecule has 16 nitrogen and oxygen atoms in total. The highest BCUT2D eigenvalue weighted by Gasteiger charge is 2.46. The summed E-state index contributed by atoms with van der Waals surface area (Å²) >= 11 is 0. The van der Waals surface area contributed by atoms with Crippen LogP contribution in [0.15, 0.2) is 12.3 Å². The quantitative estimate of drug-likeness (QED) is 0.212. The lowest BCUT2D eigenvalue weighted by molar-refractivity contribution is -0.0536. The number of phosphoric ester groups is 1. The normalized spacial score (nSPS) is 29.3. The Balaban J connectivity index is 2.05. The zero-order valence-corrected chi connectivity index (χ0v) is 17.1. The highest BCUT2D eigenvalue weighted by atomic mass is 31.3. The first-order valence-corrected chi connectivity index (χ1v) is 12.0. The molecule has 1 saturated heterocycles. The molecule has 166 valence electrons. The topological polar surface area (TPSA) is 251 Å². The summed E-state index contributed by atoms with van der Waals surface area (Å²) < 4.78 is 51.7. The Kier molecular flexibility index (Phi) is 7.36. The molecule has 0 aromatic carbocycles. The van der Waals surface area contributed by atoms with Gasteiger partial charge in [-0.15, -0.1) is 0 Å². The Morgan fingerprint density at radius 2 is 1.76 bits per heavy atom. The molecule has 0 amide bonds. The van der Waals surface area contributed by atoms with Gasteiger partial charge in [-0.3, -0.25) is 9.93 Å². The fraction of sp³-hybridized carbons (Fsp3) is 0.600. The second kappa shape index (κ2) is 8.73. The molecule has 6 atom stereocenters. The van der Waals surface area contributed by atoms with E-state index >= 15 is 0 Å². The third kappa shape index (κ3) is 6.84. The van der Waals surface area contributed by atoms with Gasteiger partial charge in [-0.05, 0) is 13.0 Å². The molecular formula is C10H18N3O13P3. The molecule has 0 saturated carbocycles. The molecule has 1 aromatic rings. The van der Waals surface area contributed by atoms with Gasteiger partial charge in [-0.2, -0.15) is 8.62 Å². The molecule has 7 N–H and O–H groups in total. The van der Waals surface area contributed by atoms with E-state index in [9.17, 15) is 28.8 Å². The Labute approximate surface area is 162 Å². The minimum absolute atomic E-state index is 0.0593. The van der Waals surface area contributed by atoms with Gasteiger partial charge in [-0.25, -0.2) is 18.7 Å². The minimum Gasteiger partial charge on any atom is -0.387 e. The van der Waals surface area contributed by atoms with Crippen LogP contribution >= 0.6 is 23.5 Å². The largest absolute Gasteiger partial charge is 0.490 e. The van der Waals surface area contributed by atoms with Crippen molar-refractivity contribution in [3.05, 3.63) is 23.6 Å². The van der Waals surface area contributed by atoms with Crippen LogP contribution in [0.2, 0.25) is 0 Å². The second-order valence-electron chi connectivity index (χ2n) is 5.70. The summed E-state index contributed by atoms with van der Waals surface area (Å²) in [5, 5.41) is 27.6. The molecule has 2 rings (SSSR count). The van der Waals surface area contributed by atoms with E-state index in [0.717, 1.165) is 0 Å². The molecule has 1 aromatic heterocycles. The number of aryl methyl sites for hydroxylation is 1. The van der Waals surface area contributed by atoms with E-state index < -0.39 is 54.6 Å². The van der Waals surface area contributed by atoms with Crippen molar-refractivity contribution in [2.24, 2.45) is 0 Å². The van der Waals surface area contributed by atoms with Gasteiger partial charge in [0.2, 0.25) is 0 Å². The van der Waals surface area contributed by atoms with Crippen molar-refractivity contribution in [1.29, 1.82) is 5.41 Å². The van der Waals surface area contributed by atoms with Crippen molar-refractivity contribution in [2.75, 3.05) is 6.61 Å². The van der Waals surface area contributed by atoms with Gasteiger partial charge in [0.15, 0.2) is 6.23 Å². The van der Waals surface area contributed by atoms with E-state index in [0.29, 0.717) is 0 Å². The molecule has 19 heteroatoms. The average molecular weight is 481 g/mol. The first-order valence-electron chi connectivity index (χ1n) is 7.50. The van der Waals surface area contributed by atoms with Crippen LogP contribution in [-0.4, -0.2) is 64.3 Å². The number of aliphatic hydroxyl groups is 2. The van der Waals surface area contributed by atoms with Crippen LogP contribution in [0.1, 0.15) is 12.1 Å². The number of ether oxygens (including phenoxy) is 1. The van der Waals surface area contributed by atoms with Gasteiger partial charge in [0.1, 0.15) is 29.6 Å².